The van der Waals surface area contributed by atoms with Crippen LogP contribution in [0.1, 0.15) is 19.3 Å². The Bertz CT molecular complexity index is 134. The molecule has 2 fully saturated rings. The molecule has 0 atom stereocenters. The van der Waals surface area contributed by atoms with E-state index in [9.17, 15) is 4.79 Å². The monoisotopic (exact) mass is 113 g/mol. The summed E-state index contributed by atoms with van der Waals surface area (Å²) in [5, 5.41) is 0. The maximum atomic E-state index is 10.5. The molecule has 44 valence electrons. The van der Waals surface area contributed by atoms with E-state index in [1.165, 1.54) is 0 Å². The van der Waals surface area contributed by atoms with E-state index in [0.717, 1.165) is 19.3 Å². The summed E-state index contributed by atoms with van der Waals surface area (Å²) in [5.74, 6) is -0.0660. The van der Waals surface area contributed by atoms with Gasteiger partial charge in [-0.15, -0.1) is 5.48 Å². The van der Waals surface area contributed by atoms with Crippen molar-refractivity contribution < 1.29 is 9.63 Å². The summed E-state index contributed by atoms with van der Waals surface area (Å²) in [5.41, 5.74) is 2.45. The first-order valence-electron chi connectivity index (χ1n) is 2.82. The van der Waals surface area contributed by atoms with Gasteiger partial charge >= 0.3 is 5.97 Å². The Morgan fingerprint density at radius 2 is 2.38 bits per heavy atom. The molecule has 1 saturated heterocycles. The van der Waals surface area contributed by atoms with Gasteiger partial charge in [0.1, 0.15) is 0 Å². The Hall–Kier alpha value is -0.570. The summed E-state index contributed by atoms with van der Waals surface area (Å²) < 4.78 is 0. The van der Waals surface area contributed by atoms with Crippen LogP contribution in [0, 0.1) is 0 Å². The minimum absolute atomic E-state index is 0.0660. The van der Waals surface area contributed by atoms with Crippen LogP contribution in [-0.4, -0.2) is 11.5 Å². The molecule has 3 heteroatoms. The molecule has 0 aromatic carbocycles. The minimum Gasteiger partial charge on any atom is -0.368 e. The van der Waals surface area contributed by atoms with Crippen molar-refractivity contribution in [3.8, 4) is 0 Å². The van der Waals surface area contributed by atoms with Gasteiger partial charge in [0.2, 0.25) is 0 Å². The number of hydroxylamine groups is 1. The van der Waals surface area contributed by atoms with Crippen LogP contribution >= 0.6 is 0 Å². The minimum atomic E-state index is -0.208. The van der Waals surface area contributed by atoms with Gasteiger partial charge in [-0.2, -0.15) is 0 Å². The van der Waals surface area contributed by atoms with Crippen LogP contribution in [0.4, 0.5) is 0 Å². The van der Waals surface area contributed by atoms with Crippen molar-refractivity contribution in [1.29, 1.82) is 0 Å². The molecule has 2 aliphatic rings. The molecule has 0 aromatic rings. The molecular weight excluding hydrogens is 106 g/mol. The molecule has 8 heavy (non-hydrogen) atoms. The zero-order valence-electron chi connectivity index (χ0n) is 4.44. The van der Waals surface area contributed by atoms with Gasteiger partial charge in [0.05, 0.1) is 0 Å². The van der Waals surface area contributed by atoms with Crippen LogP contribution in [-0.2, 0) is 9.63 Å². The molecule has 1 spiro atoms. The molecule has 2 rings (SSSR count). The van der Waals surface area contributed by atoms with E-state index < -0.39 is 0 Å². The number of hydrogen-bond donors (Lipinski definition) is 1. The number of carbonyl (C=O) groups is 1. The van der Waals surface area contributed by atoms with Crippen molar-refractivity contribution in [2.45, 2.75) is 24.8 Å². The largest absolute Gasteiger partial charge is 0.368 e. The summed E-state index contributed by atoms with van der Waals surface area (Å²) in [7, 11) is 0. The highest BCUT2D eigenvalue weighted by Crippen LogP contribution is 2.37. The highest BCUT2D eigenvalue weighted by molar-refractivity contribution is 5.85. The molecule has 0 unspecified atom stereocenters. The van der Waals surface area contributed by atoms with Gasteiger partial charge in [-0.3, -0.25) is 0 Å². The maximum absolute atomic E-state index is 10.5. The SMILES string of the molecule is O=C1ONC12CCC2. The fourth-order valence-electron chi connectivity index (χ4n) is 1.07. The molecule has 0 amide bonds. The second kappa shape index (κ2) is 1.05. The molecule has 3 nitrogen and oxygen atoms in total. The molecule has 1 aliphatic heterocycles. The second-order valence-electron chi connectivity index (χ2n) is 2.43. The quantitative estimate of drug-likeness (QED) is 0.479. The first-order chi connectivity index (χ1) is 3.83. The van der Waals surface area contributed by atoms with Crippen molar-refractivity contribution in [2.75, 3.05) is 0 Å². The molecule has 1 saturated carbocycles. The van der Waals surface area contributed by atoms with Crippen LogP contribution < -0.4 is 5.48 Å². The van der Waals surface area contributed by atoms with E-state index in [2.05, 4.69) is 10.3 Å². The van der Waals surface area contributed by atoms with Crippen molar-refractivity contribution in [3.63, 3.8) is 0 Å². The molecule has 1 N–H and O–H groups in total. The van der Waals surface area contributed by atoms with Crippen LogP contribution in [0.25, 0.3) is 0 Å². The van der Waals surface area contributed by atoms with Crippen molar-refractivity contribution in [1.82, 2.24) is 5.48 Å². The van der Waals surface area contributed by atoms with Crippen LogP contribution in [0.15, 0.2) is 0 Å². The van der Waals surface area contributed by atoms with E-state index in [1.807, 2.05) is 0 Å². The second-order valence-corrected chi connectivity index (χ2v) is 2.43. The third kappa shape index (κ3) is 0.282. The third-order valence-corrected chi connectivity index (χ3v) is 1.94. The summed E-state index contributed by atoms with van der Waals surface area (Å²) in [6.45, 7) is 0. The lowest BCUT2D eigenvalue weighted by atomic mass is 9.76. The van der Waals surface area contributed by atoms with Crippen molar-refractivity contribution in [3.05, 3.63) is 0 Å². The third-order valence-electron chi connectivity index (χ3n) is 1.94. The van der Waals surface area contributed by atoms with Gasteiger partial charge in [-0.25, -0.2) is 4.79 Å². The van der Waals surface area contributed by atoms with Crippen LogP contribution in [0.5, 0.6) is 0 Å². The summed E-state index contributed by atoms with van der Waals surface area (Å²) >= 11 is 0. The Morgan fingerprint density at radius 1 is 1.62 bits per heavy atom. The number of rotatable bonds is 0. The zero-order chi connectivity index (χ0) is 5.61. The van der Waals surface area contributed by atoms with Crippen LogP contribution in [0.2, 0.25) is 0 Å². The Morgan fingerprint density at radius 3 is 2.38 bits per heavy atom. The summed E-state index contributed by atoms with van der Waals surface area (Å²) in [6, 6.07) is 0. The predicted octanol–water partition coefficient (Wildman–Crippen LogP) is -0.0295. The molecule has 0 aromatic heterocycles. The van der Waals surface area contributed by atoms with Crippen molar-refractivity contribution in [2.24, 2.45) is 0 Å². The maximum Gasteiger partial charge on any atom is 0.348 e. The normalized spacial score (nSPS) is 30.8. The first kappa shape index (κ1) is 4.32. The molecular formula is C5H7NO2. The molecule has 1 aliphatic carbocycles. The summed E-state index contributed by atoms with van der Waals surface area (Å²) in [6.07, 6.45) is 3.08. The van der Waals surface area contributed by atoms with E-state index in [4.69, 9.17) is 0 Å². The fourth-order valence-corrected chi connectivity index (χ4v) is 1.07. The van der Waals surface area contributed by atoms with Gasteiger partial charge < -0.3 is 4.84 Å². The number of carbonyl (C=O) groups excluding carboxylic acids is 1. The first-order valence-corrected chi connectivity index (χ1v) is 2.82. The lowest BCUT2D eigenvalue weighted by Crippen LogP contribution is -2.68. The van der Waals surface area contributed by atoms with Gasteiger partial charge in [0.25, 0.3) is 0 Å². The number of nitrogens with one attached hydrogen (secondary N) is 1. The highest BCUT2D eigenvalue weighted by atomic mass is 16.7. The van der Waals surface area contributed by atoms with E-state index >= 15 is 0 Å². The standard InChI is InChI=1S/C5H7NO2/c7-4-5(6-8-4)2-1-3-5/h6H,1-3H2. The molecule has 0 radical (unpaired) electrons. The molecule has 1 heterocycles. The average Bonchev–Trinajstić information content (AvgIpc) is 1.58. The lowest BCUT2D eigenvalue weighted by molar-refractivity contribution is -0.208. The van der Waals surface area contributed by atoms with E-state index in [1.54, 1.807) is 0 Å². The topological polar surface area (TPSA) is 38.3 Å². The average molecular weight is 113 g/mol. The Labute approximate surface area is 47.0 Å². The van der Waals surface area contributed by atoms with Crippen LogP contribution in [0.3, 0.4) is 0 Å². The van der Waals surface area contributed by atoms with E-state index in [0.29, 0.717) is 0 Å². The zero-order valence-corrected chi connectivity index (χ0v) is 4.44. The molecule has 0 bridgehead atoms. The smallest absolute Gasteiger partial charge is 0.348 e. The van der Waals surface area contributed by atoms with Gasteiger partial charge in [-0.05, 0) is 19.3 Å². The lowest BCUT2D eigenvalue weighted by Gasteiger charge is -2.45. The Balaban J connectivity index is 2.14. The van der Waals surface area contributed by atoms with Gasteiger partial charge in [-0.1, -0.05) is 0 Å². The Kier molecular flexibility index (Phi) is 0.568. The van der Waals surface area contributed by atoms with Gasteiger partial charge in [0, 0.05) is 0 Å². The highest BCUT2D eigenvalue weighted by Gasteiger charge is 2.53. The van der Waals surface area contributed by atoms with Gasteiger partial charge in [0.15, 0.2) is 5.54 Å². The number of hydrogen-bond acceptors (Lipinski definition) is 3. The fraction of sp³-hybridized carbons (Fsp3) is 0.800. The summed E-state index contributed by atoms with van der Waals surface area (Å²) in [4.78, 5) is 14.9. The predicted molar refractivity (Wildman–Crippen MR) is 25.8 cm³/mol. The van der Waals surface area contributed by atoms with E-state index in [-0.39, 0.29) is 11.5 Å². The van der Waals surface area contributed by atoms with Crippen molar-refractivity contribution >= 4 is 5.97 Å².